The van der Waals surface area contributed by atoms with Crippen LogP contribution in [0.3, 0.4) is 0 Å². The Morgan fingerprint density at radius 2 is 1.49 bits per heavy atom. The number of H-pyrrole nitrogens is 1. The van der Waals surface area contributed by atoms with Crippen molar-refractivity contribution in [2.45, 2.75) is 49.9 Å². The summed E-state index contributed by atoms with van der Waals surface area (Å²) in [5.41, 5.74) is 13.5. The van der Waals surface area contributed by atoms with Crippen LogP contribution in [0.2, 0.25) is 0 Å². The maximum atomic E-state index is 13.3. The highest BCUT2D eigenvalue weighted by Gasteiger charge is 2.32. The van der Waals surface area contributed by atoms with Crippen LogP contribution in [0.25, 0.3) is 10.9 Å². The van der Waals surface area contributed by atoms with Crippen molar-refractivity contribution in [3.05, 3.63) is 71.7 Å². The molecule has 0 aliphatic rings. The Labute approximate surface area is 258 Å². The normalized spacial score (nSPS) is 14.1. The summed E-state index contributed by atoms with van der Waals surface area (Å²) >= 11 is 0. The highest BCUT2D eigenvalue weighted by molar-refractivity contribution is 7.90. The van der Waals surface area contributed by atoms with Crippen molar-refractivity contribution in [2.75, 3.05) is 12.0 Å². The molecular formula is C29H35FN6O8S. The van der Waals surface area contributed by atoms with Gasteiger partial charge in [0.2, 0.25) is 23.6 Å². The van der Waals surface area contributed by atoms with Gasteiger partial charge in [0.25, 0.3) is 0 Å². The number of para-hydroxylation sites is 1. The molecule has 0 aliphatic carbocycles. The molecule has 0 fully saturated rings. The largest absolute Gasteiger partial charge is 0.481 e. The van der Waals surface area contributed by atoms with Crippen molar-refractivity contribution in [1.29, 1.82) is 0 Å². The smallest absolute Gasteiger partial charge is 0.305 e. The fourth-order valence-electron chi connectivity index (χ4n) is 4.52. The van der Waals surface area contributed by atoms with Gasteiger partial charge < -0.3 is 37.5 Å². The molecule has 4 atom stereocenters. The third-order valence-corrected chi connectivity index (χ3v) is 7.86. The Morgan fingerprint density at radius 1 is 0.889 bits per heavy atom. The van der Waals surface area contributed by atoms with Crippen LogP contribution < -0.4 is 27.4 Å². The summed E-state index contributed by atoms with van der Waals surface area (Å²) in [6.07, 6.45) is 1.20. The molecule has 3 rings (SSSR count). The topological polar surface area (TPSA) is 244 Å². The average Bonchev–Trinajstić information content (AvgIpc) is 3.37. The molecule has 14 nitrogen and oxygen atoms in total. The number of benzene rings is 2. The van der Waals surface area contributed by atoms with Gasteiger partial charge in [-0.15, -0.1) is 0 Å². The number of aromatic nitrogens is 1. The molecule has 2 aromatic carbocycles. The lowest BCUT2D eigenvalue weighted by Gasteiger charge is -2.25. The van der Waals surface area contributed by atoms with Crippen molar-refractivity contribution < 1.29 is 41.9 Å². The van der Waals surface area contributed by atoms with E-state index in [0.29, 0.717) is 5.56 Å². The fourth-order valence-corrected chi connectivity index (χ4v) is 5.18. The van der Waals surface area contributed by atoms with Crippen LogP contribution in [0.5, 0.6) is 0 Å². The number of hydrogen-bond acceptors (Lipinski definition) is 8. The number of amides is 4. The molecule has 0 aliphatic heterocycles. The van der Waals surface area contributed by atoms with Crippen molar-refractivity contribution in [3.8, 4) is 0 Å². The number of carbonyl (C=O) groups excluding carboxylic acids is 4. The average molecular weight is 647 g/mol. The minimum absolute atomic E-state index is 0.0723. The number of primary amides is 1. The zero-order chi connectivity index (χ0) is 33.3. The molecule has 9 N–H and O–H groups in total. The first-order chi connectivity index (χ1) is 21.1. The van der Waals surface area contributed by atoms with Gasteiger partial charge in [0.05, 0.1) is 18.2 Å². The van der Waals surface area contributed by atoms with Crippen molar-refractivity contribution in [1.82, 2.24) is 20.9 Å². The van der Waals surface area contributed by atoms with E-state index >= 15 is 0 Å². The van der Waals surface area contributed by atoms with Crippen LogP contribution >= 0.6 is 0 Å². The van der Waals surface area contributed by atoms with E-state index in [4.69, 9.17) is 11.5 Å². The standard InChI is InChI=1S/C29H35FN6O8S/c1-45(43,44)11-10-22(34-27(40)20(31)13-17-15-33-21-5-3-2-4-19(17)21)28(41)36-24(14-25(37)38)29(42)35-23(26(32)39)12-16-6-8-18(30)9-7-16/h2-9,15,20,22-24,33H,10-14,31H2,1H3,(H2,32,39)(H,34,40)(H,35,42)(H,36,41)(H,37,38)/t20-,22+,23+,24+/m1/s1. The molecule has 0 saturated heterocycles. The third kappa shape index (κ3) is 10.7. The lowest BCUT2D eigenvalue weighted by Crippen LogP contribution is -2.58. The van der Waals surface area contributed by atoms with E-state index in [9.17, 15) is 41.9 Å². The summed E-state index contributed by atoms with van der Waals surface area (Å²) in [5.74, 6) is -6.44. The van der Waals surface area contributed by atoms with Gasteiger partial charge in [0, 0.05) is 29.8 Å². The lowest BCUT2D eigenvalue weighted by atomic mass is 10.0. The highest BCUT2D eigenvalue weighted by atomic mass is 32.2. The Bertz CT molecular complexity index is 1660. The van der Waals surface area contributed by atoms with E-state index in [0.717, 1.165) is 34.9 Å². The van der Waals surface area contributed by atoms with E-state index in [1.807, 2.05) is 24.3 Å². The van der Waals surface area contributed by atoms with E-state index in [2.05, 4.69) is 20.9 Å². The number of carboxylic acid groups (broad SMARTS) is 1. The Balaban J connectivity index is 1.75. The monoisotopic (exact) mass is 646 g/mol. The molecular weight excluding hydrogens is 611 g/mol. The molecule has 0 radical (unpaired) electrons. The van der Waals surface area contributed by atoms with Crippen molar-refractivity contribution in [2.24, 2.45) is 11.5 Å². The second-order valence-corrected chi connectivity index (χ2v) is 12.9. The molecule has 0 bridgehead atoms. The van der Waals surface area contributed by atoms with Crippen LogP contribution in [0.1, 0.15) is 24.0 Å². The molecule has 0 unspecified atom stereocenters. The van der Waals surface area contributed by atoms with Crippen LogP contribution in [0, 0.1) is 5.82 Å². The van der Waals surface area contributed by atoms with Gasteiger partial charge in [-0.2, -0.15) is 0 Å². The van der Waals surface area contributed by atoms with E-state index in [1.54, 1.807) is 6.20 Å². The zero-order valence-corrected chi connectivity index (χ0v) is 25.1. The Morgan fingerprint density at radius 3 is 2.11 bits per heavy atom. The number of rotatable bonds is 16. The SMILES string of the molecule is CS(=O)(=O)CC[C@H](NC(=O)[C@H](N)Cc1c[nH]c2ccccc12)C(=O)N[C@@H](CC(=O)O)C(=O)N[C@@H](Cc1ccc(F)cc1)C(N)=O. The predicted octanol–water partition coefficient (Wildman–Crippen LogP) is -0.731. The van der Waals surface area contributed by atoms with Gasteiger partial charge in [0.1, 0.15) is 33.8 Å². The predicted molar refractivity (Wildman–Crippen MR) is 162 cm³/mol. The Hall–Kier alpha value is -4.83. The number of carboxylic acids is 1. The fraction of sp³-hybridized carbons (Fsp3) is 0.345. The summed E-state index contributed by atoms with van der Waals surface area (Å²) < 4.78 is 37.0. The zero-order valence-electron chi connectivity index (χ0n) is 24.3. The maximum absolute atomic E-state index is 13.3. The molecule has 1 heterocycles. The number of aromatic amines is 1. The molecule has 0 spiro atoms. The Kier molecular flexibility index (Phi) is 11.7. The minimum Gasteiger partial charge on any atom is -0.481 e. The van der Waals surface area contributed by atoms with Gasteiger partial charge in [-0.1, -0.05) is 30.3 Å². The summed E-state index contributed by atoms with van der Waals surface area (Å²) in [7, 11) is -3.61. The number of hydrogen-bond donors (Lipinski definition) is 7. The first-order valence-electron chi connectivity index (χ1n) is 13.8. The number of nitrogens with two attached hydrogens (primary N) is 2. The van der Waals surface area contributed by atoms with E-state index in [-0.39, 0.29) is 12.8 Å². The number of nitrogens with one attached hydrogen (secondary N) is 4. The summed E-state index contributed by atoms with van der Waals surface area (Å²) in [6.45, 7) is 0. The van der Waals surface area contributed by atoms with Gasteiger partial charge >= 0.3 is 5.97 Å². The molecule has 1 aromatic heterocycles. The lowest BCUT2D eigenvalue weighted by molar-refractivity contribution is -0.141. The quantitative estimate of drug-likeness (QED) is 0.104. The molecule has 16 heteroatoms. The van der Waals surface area contributed by atoms with E-state index in [1.165, 1.54) is 12.1 Å². The van der Waals surface area contributed by atoms with Gasteiger partial charge in [0.15, 0.2) is 0 Å². The van der Waals surface area contributed by atoms with Gasteiger partial charge in [-0.05, 0) is 42.2 Å². The van der Waals surface area contributed by atoms with Gasteiger partial charge in [-0.25, -0.2) is 12.8 Å². The van der Waals surface area contributed by atoms with Crippen molar-refractivity contribution >= 4 is 50.3 Å². The van der Waals surface area contributed by atoms with E-state index < -0.39 is 88.0 Å². The number of fused-ring (bicyclic) bond motifs is 1. The second kappa shape index (κ2) is 15.3. The summed E-state index contributed by atoms with van der Waals surface area (Å²) in [6, 6.07) is 6.57. The van der Waals surface area contributed by atoms with Crippen LogP contribution in [-0.2, 0) is 46.7 Å². The second-order valence-electron chi connectivity index (χ2n) is 10.6. The number of carbonyl (C=O) groups is 5. The number of aliphatic carboxylic acids is 1. The van der Waals surface area contributed by atoms with Crippen LogP contribution in [-0.4, -0.2) is 84.3 Å². The molecule has 3 aromatic rings. The molecule has 45 heavy (non-hydrogen) atoms. The number of sulfone groups is 1. The minimum atomic E-state index is -3.61. The number of halogens is 1. The van der Waals surface area contributed by atoms with Crippen LogP contribution in [0.4, 0.5) is 4.39 Å². The van der Waals surface area contributed by atoms with Crippen LogP contribution in [0.15, 0.2) is 54.7 Å². The first-order valence-corrected chi connectivity index (χ1v) is 15.8. The van der Waals surface area contributed by atoms with Crippen molar-refractivity contribution in [3.63, 3.8) is 0 Å². The highest BCUT2D eigenvalue weighted by Crippen LogP contribution is 2.19. The molecule has 4 amide bonds. The third-order valence-electron chi connectivity index (χ3n) is 6.89. The molecule has 0 saturated carbocycles. The first kappa shape index (κ1) is 34.7. The van der Waals surface area contributed by atoms with Gasteiger partial charge in [-0.3, -0.25) is 24.0 Å². The maximum Gasteiger partial charge on any atom is 0.305 e. The summed E-state index contributed by atoms with van der Waals surface area (Å²) in [5, 5.41) is 17.2. The molecule has 242 valence electrons. The summed E-state index contributed by atoms with van der Waals surface area (Å²) in [4.78, 5) is 66.0.